The number of aliphatic hydroxyl groups excluding tert-OH is 1. The van der Waals surface area contributed by atoms with Crippen LogP contribution in [0.15, 0.2) is 24.3 Å². The van der Waals surface area contributed by atoms with E-state index < -0.39 is 18.7 Å². The third-order valence-electron chi connectivity index (χ3n) is 1.66. The van der Waals surface area contributed by atoms with E-state index in [0.29, 0.717) is 5.56 Å². The van der Waals surface area contributed by atoms with Crippen molar-refractivity contribution in [2.75, 3.05) is 0 Å². The highest BCUT2D eigenvalue weighted by Gasteiger charge is 2.31. The fraction of sp³-hybridized carbons (Fsp3) is 0.333. The molecule has 1 atom stereocenters. The first kappa shape index (κ1) is 11.8. The molecule has 0 bridgehead atoms. The van der Waals surface area contributed by atoms with Crippen LogP contribution < -0.4 is 0 Å². The molecule has 0 saturated heterocycles. The van der Waals surface area contributed by atoms with Gasteiger partial charge in [-0.1, -0.05) is 12.1 Å². The smallest absolute Gasteiger partial charge is 0.388 e. The van der Waals surface area contributed by atoms with Gasteiger partial charge in [-0.3, -0.25) is 0 Å². The molecule has 1 N–H and O–H groups in total. The summed E-state index contributed by atoms with van der Waals surface area (Å²) in [5, 5.41) is 9.26. The van der Waals surface area contributed by atoms with Crippen molar-refractivity contribution >= 4 is 22.6 Å². The van der Waals surface area contributed by atoms with E-state index in [1.165, 1.54) is 12.1 Å². The summed E-state index contributed by atoms with van der Waals surface area (Å²) in [6, 6.07) is 6.40. The van der Waals surface area contributed by atoms with Crippen LogP contribution in [0.5, 0.6) is 0 Å². The zero-order chi connectivity index (χ0) is 10.8. The average Bonchev–Trinajstić information content (AvgIpc) is 2.01. The number of halogens is 4. The molecule has 0 saturated carbocycles. The first-order chi connectivity index (χ1) is 6.38. The summed E-state index contributed by atoms with van der Waals surface area (Å²) in [5.74, 6) is 0. The van der Waals surface area contributed by atoms with E-state index in [1.54, 1.807) is 12.1 Å². The Bertz CT molecular complexity index is 311. The summed E-state index contributed by atoms with van der Waals surface area (Å²) >= 11 is 1.98. The van der Waals surface area contributed by atoms with Gasteiger partial charge in [0.25, 0.3) is 0 Å². The van der Waals surface area contributed by atoms with E-state index in [-0.39, 0.29) is 0 Å². The molecule has 0 heterocycles. The van der Waals surface area contributed by atoms with Gasteiger partial charge in [-0.2, -0.15) is 13.2 Å². The Morgan fingerprint density at radius 2 is 2.00 bits per heavy atom. The van der Waals surface area contributed by atoms with Crippen molar-refractivity contribution in [1.29, 1.82) is 0 Å². The molecule has 0 radical (unpaired) electrons. The summed E-state index contributed by atoms with van der Waals surface area (Å²) in [6.07, 6.45) is -7.00. The molecule has 0 aliphatic carbocycles. The molecule has 1 nitrogen and oxygen atoms in total. The molecule has 0 aliphatic heterocycles. The standard InChI is InChI=1S/C9H8F3IO/c10-9(11,12)5-8(14)6-2-1-3-7(13)4-6/h1-4,8,14H,5H2. The molecule has 0 aromatic heterocycles. The maximum atomic E-state index is 11.9. The van der Waals surface area contributed by atoms with Gasteiger partial charge in [0, 0.05) is 3.57 Å². The highest BCUT2D eigenvalue weighted by atomic mass is 127. The van der Waals surface area contributed by atoms with Crippen molar-refractivity contribution in [3.8, 4) is 0 Å². The SMILES string of the molecule is OC(CC(F)(F)F)c1cccc(I)c1. The fourth-order valence-electron chi connectivity index (χ4n) is 1.05. The Kier molecular flexibility index (Phi) is 3.77. The highest BCUT2D eigenvalue weighted by Crippen LogP contribution is 2.29. The van der Waals surface area contributed by atoms with Crippen LogP contribution in [0.25, 0.3) is 0 Å². The molecule has 1 aromatic carbocycles. The lowest BCUT2D eigenvalue weighted by Gasteiger charge is -2.13. The second-order valence-corrected chi connectivity index (χ2v) is 4.14. The predicted molar refractivity (Wildman–Crippen MR) is 54.8 cm³/mol. The van der Waals surface area contributed by atoms with E-state index in [4.69, 9.17) is 0 Å². The maximum absolute atomic E-state index is 11.9. The van der Waals surface area contributed by atoms with Crippen LogP contribution in [-0.2, 0) is 0 Å². The monoisotopic (exact) mass is 316 g/mol. The molecule has 1 rings (SSSR count). The minimum absolute atomic E-state index is 0.300. The molecule has 0 fully saturated rings. The summed E-state index contributed by atoms with van der Waals surface area (Å²) in [6.45, 7) is 0. The van der Waals surface area contributed by atoms with E-state index in [2.05, 4.69) is 0 Å². The Morgan fingerprint density at radius 3 is 2.50 bits per heavy atom. The molecule has 0 spiro atoms. The minimum atomic E-state index is -4.33. The topological polar surface area (TPSA) is 20.2 Å². The molecule has 78 valence electrons. The van der Waals surface area contributed by atoms with Crippen molar-refractivity contribution in [2.45, 2.75) is 18.7 Å². The first-order valence-electron chi connectivity index (χ1n) is 3.89. The number of aliphatic hydroxyl groups is 1. The van der Waals surface area contributed by atoms with Crippen molar-refractivity contribution in [2.24, 2.45) is 0 Å². The Morgan fingerprint density at radius 1 is 1.36 bits per heavy atom. The van der Waals surface area contributed by atoms with Crippen LogP contribution in [0.2, 0.25) is 0 Å². The molecule has 1 aromatic rings. The van der Waals surface area contributed by atoms with Crippen molar-refractivity contribution < 1.29 is 18.3 Å². The van der Waals surface area contributed by atoms with Gasteiger partial charge in [0.05, 0.1) is 12.5 Å². The van der Waals surface area contributed by atoms with Crippen molar-refractivity contribution in [1.82, 2.24) is 0 Å². The lowest BCUT2D eigenvalue weighted by Crippen LogP contribution is -2.13. The Balaban J connectivity index is 2.74. The van der Waals surface area contributed by atoms with Gasteiger partial charge in [-0.15, -0.1) is 0 Å². The number of hydrogen-bond acceptors (Lipinski definition) is 1. The average molecular weight is 316 g/mol. The lowest BCUT2D eigenvalue weighted by atomic mass is 10.1. The first-order valence-corrected chi connectivity index (χ1v) is 4.96. The van der Waals surface area contributed by atoms with Crippen LogP contribution >= 0.6 is 22.6 Å². The third kappa shape index (κ3) is 3.83. The zero-order valence-electron chi connectivity index (χ0n) is 7.05. The molecular weight excluding hydrogens is 308 g/mol. The van der Waals surface area contributed by atoms with E-state index >= 15 is 0 Å². The van der Waals surface area contributed by atoms with Gasteiger partial charge in [0.1, 0.15) is 0 Å². The zero-order valence-corrected chi connectivity index (χ0v) is 9.21. The number of hydrogen-bond donors (Lipinski definition) is 1. The molecular formula is C9H8F3IO. The Hall–Kier alpha value is -0.300. The van der Waals surface area contributed by atoms with E-state index in [1.807, 2.05) is 22.6 Å². The van der Waals surface area contributed by atoms with Gasteiger partial charge in [-0.05, 0) is 40.3 Å². The fourth-order valence-corrected chi connectivity index (χ4v) is 1.62. The van der Waals surface area contributed by atoms with Crippen LogP contribution in [-0.4, -0.2) is 11.3 Å². The number of alkyl halides is 3. The highest BCUT2D eigenvalue weighted by molar-refractivity contribution is 14.1. The van der Waals surface area contributed by atoms with E-state index in [9.17, 15) is 18.3 Å². The second kappa shape index (κ2) is 4.48. The second-order valence-electron chi connectivity index (χ2n) is 2.89. The normalized spacial score (nSPS) is 14.1. The van der Waals surface area contributed by atoms with Gasteiger partial charge in [0.2, 0.25) is 0 Å². The minimum Gasteiger partial charge on any atom is -0.388 e. The largest absolute Gasteiger partial charge is 0.391 e. The summed E-state index contributed by atoms with van der Waals surface area (Å²) in [4.78, 5) is 0. The molecule has 5 heteroatoms. The molecule has 0 aliphatic rings. The summed E-state index contributed by atoms with van der Waals surface area (Å²) < 4.78 is 36.6. The quantitative estimate of drug-likeness (QED) is 0.830. The predicted octanol–water partition coefficient (Wildman–Crippen LogP) is 3.28. The summed E-state index contributed by atoms with van der Waals surface area (Å²) in [5.41, 5.74) is 0.300. The van der Waals surface area contributed by atoms with Gasteiger partial charge >= 0.3 is 6.18 Å². The molecule has 0 amide bonds. The van der Waals surface area contributed by atoms with Crippen LogP contribution in [0, 0.1) is 3.57 Å². The van der Waals surface area contributed by atoms with Crippen LogP contribution in [0.4, 0.5) is 13.2 Å². The van der Waals surface area contributed by atoms with Gasteiger partial charge < -0.3 is 5.11 Å². The Labute approximate surface area is 93.1 Å². The van der Waals surface area contributed by atoms with Crippen molar-refractivity contribution in [3.63, 3.8) is 0 Å². The molecule has 1 unspecified atom stereocenters. The number of benzene rings is 1. The summed E-state index contributed by atoms with van der Waals surface area (Å²) in [7, 11) is 0. The van der Waals surface area contributed by atoms with Crippen molar-refractivity contribution in [3.05, 3.63) is 33.4 Å². The lowest BCUT2D eigenvalue weighted by molar-refractivity contribution is -0.154. The van der Waals surface area contributed by atoms with Crippen LogP contribution in [0.1, 0.15) is 18.1 Å². The maximum Gasteiger partial charge on any atom is 0.391 e. The van der Waals surface area contributed by atoms with E-state index in [0.717, 1.165) is 3.57 Å². The third-order valence-corrected chi connectivity index (χ3v) is 2.33. The van der Waals surface area contributed by atoms with Gasteiger partial charge in [0.15, 0.2) is 0 Å². The van der Waals surface area contributed by atoms with Crippen LogP contribution in [0.3, 0.4) is 0 Å². The number of rotatable bonds is 2. The molecule has 14 heavy (non-hydrogen) atoms. The van der Waals surface area contributed by atoms with Gasteiger partial charge in [-0.25, -0.2) is 0 Å².